The summed E-state index contributed by atoms with van der Waals surface area (Å²) >= 11 is 17.8. The van der Waals surface area contributed by atoms with Crippen LogP contribution in [0.4, 0.5) is 4.79 Å². The zero-order valence-electron chi connectivity index (χ0n) is 11.3. The first-order valence-electron chi connectivity index (χ1n) is 5.76. The standard InChI is InChI=1S/C11H17Cl3N3O2/c1-11(2)9(18)17(14)10(19)16(11)6-5-7(12)8(13)15(3)4/h7H,5-6H2,1-4H3/q+1. The van der Waals surface area contributed by atoms with E-state index in [1.54, 1.807) is 32.5 Å². The molecule has 1 heterocycles. The van der Waals surface area contributed by atoms with Crippen molar-refractivity contribution in [1.29, 1.82) is 0 Å². The Morgan fingerprint density at radius 2 is 1.89 bits per heavy atom. The monoisotopic (exact) mass is 328 g/mol. The molecule has 0 bridgehead atoms. The van der Waals surface area contributed by atoms with Crippen molar-refractivity contribution in [2.45, 2.75) is 31.2 Å². The van der Waals surface area contributed by atoms with Crippen molar-refractivity contribution < 1.29 is 14.2 Å². The van der Waals surface area contributed by atoms with Crippen molar-refractivity contribution in [3.8, 4) is 0 Å². The van der Waals surface area contributed by atoms with Crippen molar-refractivity contribution in [1.82, 2.24) is 9.32 Å². The number of hydrogen-bond donors (Lipinski definition) is 0. The summed E-state index contributed by atoms with van der Waals surface area (Å²) in [4.78, 5) is 25.0. The van der Waals surface area contributed by atoms with Gasteiger partial charge in [-0.1, -0.05) is 0 Å². The van der Waals surface area contributed by atoms with Gasteiger partial charge >= 0.3 is 6.03 Å². The van der Waals surface area contributed by atoms with Crippen LogP contribution in [0.5, 0.6) is 0 Å². The lowest BCUT2D eigenvalue weighted by Crippen LogP contribution is -2.45. The molecule has 0 saturated carbocycles. The molecule has 1 aliphatic heterocycles. The Balaban J connectivity index is 2.76. The van der Waals surface area contributed by atoms with Gasteiger partial charge in [-0.05, 0) is 31.9 Å². The third-order valence-corrected chi connectivity index (χ3v) is 4.50. The van der Waals surface area contributed by atoms with Gasteiger partial charge in [0.25, 0.3) is 11.1 Å². The molecule has 0 aliphatic carbocycles. The number of rotatable bonds is 4. The molecule has 0 spiro atoms. The normalized spacial score (nSPS) is 19.9. The average Bonchev–Trinajstić information content (AvgIpc) is 2.47. The molecule has 8 heteroatoms. The largest absolute Gasteiger partial charge is 0.342 e. The van der Waals surface area contributed by atoms with E-state index in [1.807, 2.05) is 0 Å². The number of hydrogen-bond acceptors (Lipinski definition) is 2. The molecule has 0 aromatic rings. The third-order valence-electron chi connectivity index (χ3n) is 3.07. The molecule has 5 nitrogen and oxygen atoms in total. The van der Waals surface area contributed by atoms with Crippen molar-refractivity contribution >= 4 is 52.1 Å². The quantitative estimate of drug-likeness (QED) is 0.261. The Morgan fingerprint density at radius 3 is 2.26 bits per heavy atom. The Labute approximate surface area is 127 Å². The summed E-state index contributed by atoms with van der Waals surface area (Å²) in [5.41, 5.74) is -0.958. The molecule has 0 aromatic heterocycles. The number of alkyl halides is 1. The van der Waals surface area contributed by atoms with E-state index in [0.29, 0.717) is 22.6 Å². The fraction of sp³-hybridized carbons (Fsp3) is 0.727. The van der Waals surface area contributed by atoms with Crippen LogP contribution in [0.1, 0.15) is 20.3 Å². The Morgan fingerprint density at radius 1 is 1.37 bits per heavy atom. The molecule has 108 valence electrons. The van der Waals surface area contributed by atoms with Gasteiger partial charge in [-0.15, -0.1) is 11.6 Å². The zero-order chi connectivity index (χ0) is 15.0. The highest BCUT2D eigenvalue weighted by Gasteiger charge is 2.50. The Hall–Kier alpha value is -0.520. The molecule has 0 radical (unpaired) electrons. The van der Waals surface area contributed by atoms with Crippen LogP contribution in [0.2, 0.25) is 0 Å². The SMILES string of the molecule is C[N+](C)=C(Cl)C(Cl)CCN1C(=O)N(Cl)C(=O)C1(C)C. The second-order valence-corrected chi connectivity index (χ2v) is 6.30. The smallest absolute Gasteiger partial charge is 0.309 e. The van der Waals surface area contributed by atoms with Crippen molar-refractivity contribution in [3.63, 3.8) is 0 Å². The second-order valence-electron chi connectivity index (χ2n) is 5.05. The molecule has 1 saturated heterocycles. The minimum atomic E-state index is -0.958. The number of carbonyl (C=O) groups is 2. The maximum absolute atomic E-state index is 11.9. The predicted molar refractivity (Wildman–Crippen MR) is 76.1 cm³/mol. The van der Waals surface area contributed by atoms with Gasteiger partial charge in [0.2, 0.25) is 0 Å². The minimum Gasteiger partial charge on any atom is -0.309 e. The van der Waals surface area contributed by atoms with Crippen molar-refractivity contribution in [3.05, 3.63) is 0 Å². The predicted octanol–water partition coefficient (Wildman–Crippen LogP) is 2.09. The van der Waals surface area contributed by atoms with Gasteiger partial charge in [0.05, 0.1) is 0 Å². The first-order chi connectivity index (χ1) is 8.60. The highest BCUT2D eigenvalue weighted by atomic mass is 35.5. The van der Waals surface area contributed by atoms with Crippen LogP contribution in [0.3, 0.4) is 0 Å². The molecule has 3 amide bonds. The van der Waals surface area contributed by atoms with Crippen LogP contribution in [0.25, 0.3) is 0 Å². The number of urea groups is 1. The third kappa shape index (κ3) is 3.15. The molecule has 19 heavy (non-hydrogen) atoms. The van der Waals surface area contributed by atoms with E-state index < -0.39 is 22.9 Å². The van der Waals surface area contributed by atoms with E-state index in [4.69, 9.17) is 35.0 Å². The van der Waals surface area contributed by atoms with Crippen molar-refractivity contribution in [2.75, 3.05) is 20.6 Å². The summed E-state index contributed by atoms with van der Waals surface area (Å²) in [6.45, 7) is 3.60. The van der Waals surface area contributed by atoms with E-state index in [9.17, 15) is 9.59 Å². The lowest BCUT2D eigenvalue weighted by atomic mass is 10.0. The minimum absolute atomic E-state index is 0.305. The molecule has 1 atom stereocenters. The number of carbonyl (C=O) groups excluding carboxylic acids is 2. The molecule has 0 aromatic carbocycles. The zero-order valence-corrected chi connectivity index (χ0v) is 13.6. The fourth-order valence-corrected chi connectivity index (χ4v) is 2.50. The van der Waals surface area contributed by atoms with Gasteiger partial charge in [-0.25, -0.2) is 9.37 Å². The van der Waals surface area contributed by atoms with Gasteiger partial charge in [0.1, 0.15) is 25.0 Å². The topological polar surface area (TPSA) is 43.6 Å². The fourth-order valence-electron chi connectivity index (χ4n) is 1.80. The van der Waals surface area contributed by atoms with Gasteiger partial charge < -0.3 is 4.90 Å². The maximum Gasteiger partial charge on any atom is 0.342 e. The van der Waals surface area contributed by atoms with E-state index in [1.165, 1.54) is 4.90 Å². The van der Waals surface area contributed by atoms with Crippen LogP contribution in [0.15, 0.2) is 0 Å². The Kier molecular flexibility index (Phi) is 5.09. The molecule has 0 N–H and O–H groups in total. The summed E-state index contributed by atoms with van der Waals surface area (Å²) in [6, 6.07) is -0.526. The highest BCUT2D eigenvalue weighted by molar-refractivity contribution is 6.69. The molecule has 1 unspecified atom stereocenters. The number of nitrogens with zero attached hydrogens (tertiary/aromatic N) is 3. The van der Waals surface area contributed by atoms with Gasteiger partial charge in [-0.3, -0.25) is 4.79 Å². The summed E-state index contributed by atoms with van der Waals surface area (Å²) in [5.74, 6) is -0.437. The maximum atomic E-state index is 11.9. The van der Waals surface area contributed by atoms with Gasteiger partial charge in [0, 0.05) is 18.3 Å². The lowest BCUT2D eigenvalue weighted by Gasteiger charge is -2.27. The number of imide groups is 1. The number of halogens is 3. The summed E-state index contributed by atoms with van der Waals surface area (Å²) < 4.78 is 2.32. The van der Waals surface area contributed by atoms with Crippen LogP contribution in [-0.4, -0.2) is 62.6 Å². The molecule has 1 aliphatic rings. The van der Waals surface area contributed by atoms with Crippen LogP contribution >= 0.6 is 35.0 Å². The summed E-state index contributed by atoms with van der Waals surface area (Å²) in [6.07, 6.45) is 0.436. The van der Waals surface area contributed by atoms with E-state index >= 15 is 0 Å². The lowest BCUT2D eigenvalue weighted by molar-refractivity contribution is -0.463. The molecule has 1 rings (SSSR count). The van der Waals surface area contributed by atoms with E-state index in [-0.39, 0.29) is 0 Å². The van der Waals surface area contributed by atoms with E-state index in [2.05, 4.69) is 0 Å². The van der Waals surface area contributed by atoms with Crippen LogP contribution < -0.4 is 0 Å². The Bertz CT molecular complexity index is 433. The van der Waals surface area contributed by atoms with E-state index in [0.717, 1.165) is 0 Å². The molecular formula is C11H17Cl3N3O2+. The van der Waals surface area contributed by atoms with Crippen LogP contribution in [-0.2, 0) is 4.79 Å². The summed E-state index contributed by atoms with van der Waals surface area (Å²) in [7, 11) is 3.57. The summed E-state index contributed by atoms with van der Waals surface area (Å²) in [5, 5.41) is 0.0694. The number of amides is 3. The van der Waals surface area contributed by atoms with Crippen molar-refractivity contribution in [2.24, 2.45) is 0 Å². The van der Waals surface area contributed by atoms with Crippen LogP contribution in [0, 0.1) is 0 Å². The average molecular weight is 330 g/mol. The first-order valence-corrected chi connectivity index (χ1v) is 6.91. The molecule has 1 fully saturated rings. The second kappa shape index (κ2) is 5.85. The first kappa shape index (κ1) is 16.5. The highest BCUT2D eigenvalue weighted by Crippen LogP contribution is 2.29. The van der Waals surface area contributed by atoms with Gasteiger partial charge in [-0.2, -0.15) is 4.42 Å². The van der Waals surface area contributed by atoms with Gasteiger partial charge in [0.15, 0.2) is 0 Å². The molecular weight excluding hydrogens is 312 g/mol.